The molecule has 4 heteroatoms. The lowest BCUT2D eigenvalue weighted by molar-refractivity contribution is 0.0600. The molecule has 1 aromatic carbocycles. The molecule has 0 radical (unpaired) electrons. The minimum absolute atomic E-state index is 0.349. The van der Waals surface area contributed by atoms with E-state index in [0.717, 1.165) is 11.1 Å². The molecule has 1 aromatic rings. The van der Waals surface area contributed by atoms with Crippen molar-refractivity contribution in [2.24, 2.45) is 5.92 Å². The van der Waals surface area contributed by atoms with Crippen LogP contribution >= 0.6 is 15.9 Å². The average Bonchev–Trinajstić information content (AvgIpc) is 3.08. The summed E-state index contributed by atoms with van der Waals surface area (Å²) in [6.45, 7) is 0.733. The SMILES string of the molecule is COC(=O)c1cc(Br)cc(OCC2CC2)c1. The van der Waals surface area contributed by atoms with Crippen LogP contribution in [0.5, 0.6) is 5.75 Å². The second-order valence-electron chi connectivity index (χ2n) is 3.92. The summed E-state index contributed by atoms with van der Waals surface area (Å²) in [6, 6.07) is 5.28. The van der Waals surface area contributed by atoms with Gasteiger partial charge in [-0.2, -0.15) is 0 Å². The molecule has 0 spiro atoms. The quantitative estimate of drug-likeness (QED) is 0.798. The zero-order valence-electron chi connectivity index (χ0n) is 9.03. The maximum atomic E-state index is 11.4. The van der Waals surface area contributed by atoms with E-state index in [-0.39, 0.29) is 5.97 Å². The molecule has 0 amide bonds. The molecule has 0 atom stereocenters. The van der Waals surface area contributed by atoms with Gasteiger partial charge >= 0.3 is 5.97 Å². The molecule has 86 valence electrons. The van der Waals surface area contributed by atoms with E-state index in [4.69, 9.17) is 4.74 Å². The summed E-state index contributed by atoms with van der Waals surface area (Å²) in [5.74, 6) is 1.06. The van der Waals surface area contributed by atoms with Gasteiger partial charge in [0.05, 0.1) is 19.3 Å². The van der Waals surface area contributed by atoms with Crippen molar-refractivity contribution in [3.8, 4) is 5.75 Å². The first-order chi connectivity index (χ1) is 7.69. The van der Waals surface area contributed by atoms with E-state index in [0.29, 0.717) is 17.2 Å². The molecule has 16 heavy (non-hydrogen) atoms. The van der Waals surface area contributed by atoms with Crippen molar-refractivity contribution < 1.29 is 14.3 Å². The van der Waals surface area contributed by atoms with E-state index >= 15 is 0 Å². The van der Waals surface area contributed by atoms with E-state index in [2.05, 4.69) is 20.7 Å². The van der Waals surface area contributed by atoms with Crippen LogP contribution in [-0.4, -0.2) is 19.7 Å². The zero-order valence-corrected chi connectivity index (χ0v) is 10.6. The summed E-state index contributed by atoms with van der Waals surface area (Å²) in [6.07, 6.45) is 2.50. The predicted molar refractivity (Wildman–Crippen MR) is 63.7 cm³/mol. The third-order valence-electron chi connectivity index (χ3n) is 2.48. The molecule has 0 saturated heterocycles. The van der Waals surface area contributed by atoms with Gasteiger partial charge in [0.15, 0.2) is 0 Å². The number of carbonyl (C=O) groups is 1. The second-order valence-corrected chi connectivity index (χ2v) is 4.84. The molecule has 0 aromatic heterocycles. The minimum atomic E-state index is -0.349. The van der Waals surface area contributed by atoms with Crippen molar-refractivity contribution in [3.63, 3.8) is 0 Å². The Kier molecular flexibility index (Phi) is 3.49. The standard InChI is InChI=1S/C12H13BrO3/c1-15-12(14)9-4-10(13)6-11(5-9)16-7-8-2-3-8/h4-6,8H,2-3,7H2,1H3. The molecule has 1 aliphatic rings. The van der Waals surface area contributed by atoms with Gasteiger partial charge < -0.3 is 9.47 Å². The number of esters is 1. The number of hydrogen-bond acceptors (Lipinski definition) is 3. The Balaban J connectivity index is 2.10. The topological polar surface area (TPSA) is 35.5 Å². The smallest absolute Gasteiger partial charge is 0.338 e. The van der Waals surface area contributed by atoms with E-state index in [1.54, 1.807) is 12.1 Å². The molecular weight excluding hydrogens is 272 g/mol. The molecule has 0 unspecified atom stereocenters. The first kappa shape index (κ1) is 11.5. The van der Waals surface area contributed by atoms with Gasteiger partial charge in [0.2, 0.25) is 0 Å². The lowest BCUT2D eigenvalue weighted by Gasteiger charge is -2.07. The number of benzene rings is 1. The molecule has 0 N–H and O–H groups in total. The molecule has 3 nitrogen and oxygen atoms in total. The molecule has 0 aliphatic heterocycles. The Morgan fingerprint density at radius 1 is 1.44 bits per heavy atom. The Bertz CT molecular complexity index is 399. The third kappa shape index (κ3) is 2.98. The fourth-order valence-corrected chi connectivity index (χ4v) is 1.85. The summed E-state index contributed by atoms with van der Waals surface area (Å²) in [5.41, 5.74) is 0.502. The summed E-state index contributed by atoms with van der Waals surface area (Å²) < 4.78 is 11.1. The van der Waals surface area contributed by atoms with Crippen molar-refractivity contribution in [2.75, 3.05) is 13.7 Å². The fraction of sp³-hybridized carbons (Fsp3) is 0.417. The van der Waals surface area contributed by atoms with Crippen LogP contribution in [0.1, 0.15) is 23.2 Å². The summed E-state index contributed by atoms with van der Waals surface area (Å²) in [4.78, 5) is 11.4. The maximum Gasteiger partial charge on any atom is 0.338 e. The molecule has 1 aliphatic carbocycles. The van der Waals surface area contributed by atoms with E-state index in [1.807, 2.05) is 6.07 Å². The largest absolute Gasteiger partial charge is 0.493 e. The highest BCUT2D eigenvalue weighted by atomic mass is 79.9. The maximum absolute atomic E-state index is 11.4. The lowest BCUT2D eigenvalue weighted by Crippen LogP contribution is -2.03. The van der Waals surface area contributed by atoms with Gasteiger partial charge in [0, 0.05) is 4.47 Å². The average molecular weight is 285 g/mol. The molecule has 1 saturated carbocycles. The first-order valence-corrected chi connectivity index (χ1v) is 6.00. The van der Waals surface area contributed by atoms with Gasteiger partial charge in [-0.25, -0.2) is 4.79 Å². The minimum Gasteiger partial charge on any atom is -0.493 e. The van der Waals surface area contributed by atoms with Crippen LogP contribution in [-0.2, 0) is 4.74 Å². The number of hydrogen-bond donors (Lipinski definition) is 0. The highest BCUT2D eigenvalue weighted by molar-refractivity contribution is 9.10. The highest BCUT2D eigenvalue weighted by Gasteiger charge is 2.22. The normalized spacial score (nSPS) is 14.6. The Morgan fingerprint density at radius 3 is 2.81 bits per heavy atom. The van der Waals surface area contributed by atoms with Crippen molar-refractivity contribution in [2.45, 2.75) is 12.8 Å². The van der Waals surface area contributed by atoms with Crippen LogP contribution in [0, 0.1) is 5.92 Å². The van der Waals surface area contributed by atoms with E-state index in [1.165, 1.54) is 20.0 Å². The van der Waals surface area contributed by atoms with Crippen LogP contribution in [0.2, 0.25) is 0 Å². The van der Waals surface area contributed by atoms with Gasteiger partial charge in [0.25, 0.3) is 0 Å². The highest BCUT2D eigenvalue weighted by Crippen LogP contribution is 2.30. The van der Waals surface area contributed by atoms with Crippen LogP contribution in [0.15, 0.2) is 22.7 Å². The molecule has 2 rings (SSSR count). The third-order valence-corrected chi connectivity index (χ3v) is 2.93. The van der Waals surface area contributed by atoms with Gasteiger partial charge in [0.1, 0.15) is 5.75 Å². The fourth-order valence-electron chi connectivity index (χ4n) is 1.38. The van der Waals surface area contributed by atoms with Crippen LogP contribution in [0.3, 0.4) is 0 Å². The van der Waals surface area contributed by atoms with Crippen molar-refractivity contribution >= 4 is 21.9 Å². The summed E-state index contributed by atoms with van der Waals surface area (Å²) in [5, 5.41) is 0. The molecular formula is C12H13BrO3. The van der Waals surface area contributed by atoms with E-state index < -0.39 is 0 Å². The Labute approximate surface area is 103 Å². The van der Waals surface area contributed by atoms with Crippen LogP contribution < -0.4 is 4.74 Å². The van der Waals surface area contributed by atoms with Crippen molar-refractivity contribution in [1.82, 2.24) is 0 Å². The number of carbonyl (C=O) groups excluding carboxylic acids is 1. The van der Waals surface area contributed by atoms with Crippen molar-refractivity contribution in [1.29, 1.82) is 0 Å². The van der Waals surface area contributed by atoms with Crippen molar-refractivity contribution in [3.05, 3.63) is 28.2 Å². The lowest BCUT2D eigenvalue weighted by atomic mass is 10.2. The number of rotatable bonds is 4. The van der Waals surface area contributed by atoms with Gasteiger partial charge in [-0.1, -0.05) is 15.9 Å². The number of ether oxygens (including phenoxy) is 2. The molecule has 0 heterocycles. The van der Waals surface area contributed by atoms with Gasteiger partial charge in [-0.15, -0.1) is 0 Å². The van der Waals surface area contributed by atoms with Gasteiger partial charge in [-0.3, -0.25) is 0 Å². The van der Waals surface area contributed by atoms with Gasteiger partial charge in [-0.05, 0) is 37.0 Å². The zero-order chi connectivity index (χ0) is 11.5. The summed E-state index contributed by atoms with van der Waals surface area (Å²) in [7, 11) is 1.37. The number of methoxy groups -OCH3 is 1. The Morgan fingerprint density at radius 2 is 2.19 bits per heavy atom. The predicted octanol–water partition coefficient (Wildman–Crippen LogP) is 3.02. The number of halogens is 1. The molecule has 0 bridgehead atoms. The molecule has 1 fully saturated rings. The first-order valence-electron chi connectivity index (χ1n) is 5.21. The monoisotopic (exact) mass is 284 g/mol. The van der Waals surface area contributed by atoms with Crippen LogP contribution in [0.25, 0.3) is 0 Å². The van der Waals surface area contributed by atoms with Crippen LogP contribution in [0.4, 0.5) is 0 Å². The summed E-state index contributed by atoms with van der Waals surface area (Å²) >= 11 is 3.35. The van der Waals surface area contributed by atoms with E-state index in [9.17, 15) is 4.79 Å². The second kappa shape index (κ2) is 4.87. The Hall–Kier alpha value is -1.03.